The van der Waals surface area contributed by atoms with E-state index < -0.39 is 5.97 Å². The highest BCUT2D eigenvalue weighted by atomic mass is 79.9. The van der Waals surface area contributed by atoms with Crippen molar-refractivity contribution in [2.75, 3.05) is 11.5 Å². The van der Waals surface area contributed by atoms with Gasteiger partial charge in [0.1, 0.15) is 0 Å². The Balaban J connectivity index is 2.11. The number of hydrogen-bond donors (Lipinski definition) is 0. The number of rotatable bonds is 4. The number of halogens is 1. The lowest BCUT2D eigenvalue weighted by Crippen LogP contribution is -2.24. The fourth-order valence-electron chi connectivity index (χ4n) is 3.01. The summed E-state index contributed by atoms with van der Waals surface area (Å²) >= 11 is 3.40. The van der Waals surface area contributed by atoms with Crippen LogP contribution in [0.3, 0.4) is 0 Å². The predicted molar refractivity (Wildman–Crippen MR) is 110 cm³/mol. The molecule has 4 nitrogen and oxygen atoms in total. The quantitative estimate of drug-likeness (QED) is 0.509. The van der Waals surface area contributed by atoms with Crippen molar-refractivity contribution in [3.8, 4) is 0 Å². The van der Waals surface area contributed by atoms with E-state index in [2.05, 4.69) is 15.9 Å². The highest BCUT2D eigenvalue weighted by Crippen LogP contribution is 2.35. The van der Waals surface area contributed by atoms with Gasteiger partial charge >= 0.3 is 5.97 Å². The average molecular weight is 426 g/mol. The minimum atomic E-state index is -0.485. The molecule has 0 bridgehead atoms. The van der Waals surface area contributed by atoms with Gasteiger partial charge in [0.2, 0.25) is 0 Å². The van der Waals surface area contributed by atoms with Gasteiger partial charge in [0.05, 0.1) is 17.8 Å². The van der Waals surface area contributed by atoms with Crippen molar-refractivity contribution in [2.45, 2.75) is 20.8 Å². The normalized spacial score (nSPS) is 15.6. The van der Waals surface area contributed by atoms with Gasteiger partial charge in [-0.3, -0.25) is 9.69 Å². The Kier molecular flexibility index (Phi) is 5.61. The first-order chi connectivity index (χ1) is 12.9. The second kappa shape index (κ2) is 7.92. The van der Waals surface area contributed by atoms with E-state index in [0.717, 1.165) is 15.6 Å². The molecular weight excluding hydrogens is 406 g/mol. The summed E-state index contributed by atoms with van der Waals surface area (Å²) in [7, 11) is 0. The summed E-state index contributed by atoms with van der Waals surface area (Å²) in [5.41, 5.74) is 3.91. The highest BCUT2D eigenvalue weighted by molar-refractivity contribution is 9.10. The fraction of sp³-hybridized carbons (Fsp3) is 0.182. The number of ether oxygens (including phenoxy) is 1. The van der Waals surface area contributed by atoms with Crippen molar-refractivity contribution in [1.29, 1.82) is 0 Å². The zero-order chi connectivity index (χ0) is 19.6. The van der Waals surface area contributed by atoms with Gasteiger partial charge in [-0.25, -0.2) is 4.79 Å². The molecule has 2 aromatic carbocycles. The van der Waals surface area contributed by atoms with Crippen molar-refractivity contribution in [1.82, 2.24) is 0 Å². The molecule has 0 saturated heterocycles. The molecule has 5 heteroatoms. The Morgan fingerprint density at radius 2 is 1.70 bits per heavy atom. The zero-order valence-electron chi connectivity index (χ0n) is 15.5. The average Bonchev–Trinajstić information content (AvgIpc) is 2.88. The van der Waals surface area contributed by atoms with E-state index in [-0.39, 0.29) is 12.5 Å². The number of carbonyl (C=O) groups is 2. The molecule has 1 amide bonds. The van der Waals surface area contributed by atoms with Crippen LogP contribution in [0.15, 0.2) is 69.8 Å². The van der Waals surface area contributed by atoms with Crippen LogP contribution in [0, 0.1) is 6.92 Å². The number of carbonyl (C=O) groups excluding carboxylic acids is 2. The minimum Gasteiger partial charge on any atom is -0.462 e. The van der Waals surface area contributed by atoms with Crippen LogP contribution >= 0.6 is 15.9 Å². The molecule has 1 heterocycles. The van der Waals surface area contributed by atoms with E-state index >= 15 is 0 Å². The van der Waals surface area contributed by atoms with Crippen LogP contribution in [0.4, 0.5) is 5.69 Å². The van der Waals surface area contributed by atoms with Crippen molar-refractivity contribution in [2.24, 2.45) is 0 Å². The number of benzene rings is 2. The molecule has 0 unspecified atom stereocenters. The first kappa shape index (κ1) is 19.1. The third-order valence-electron chi connectivity index (χ3n) is 4.35. The van der Waals surface area contributed by atoms with Crippen molar-refractivity contribution in [3.63, 3.8) is 0 Å². The summed E-state index contributed by atoms with van der Waals surface area (Å²) in [6, 6.07) is 15.2. The largest absolute Gasteiger partial charge is 0.462 e. The van der Waals surface area contributed by atoms with Crippen LogP contribution < -0.4 is 4.90 Å². The minimum absolute atomic E-state index is 0.238. The maximum atomic E-state index is 13.2. The second-order valence-electron chi connectivity index (χ2n) is 6.27. The molecule has 0 aromatic heterocycles. The molecule has 0 N–H and O–H groups in total. The molecule has 1 aliphatic rings. The molecule has 0 fully saturated rings. The maximum absolute atomic E-state index is 13.2. The van der Waals surface area contributed by atoms with Gasteiger partial charge in [0.25, 0.3) is 5.91 Å². The molecule has 3 rings (SSSR count). The molecule has 0 spiro atoms. The fourth-order valence-corrected chi connectivity index (χ4v) is 3.28. The van der Waals surface area contributed by atoms with Gasteiger partial charge < -0.3 is 4.74 Å². The molecule has 0 radical (unpaired) electrons. The summed E-state index contributed by atoms with van der Waals surface area (Å²) in [5, 5.41) is 0. The summed E-state index contributed by atoms with van der Waals surface area (Å²) in [6.45, 7) is 5.77. The lowest BCUT2D eigenvalue weighted by Gasteiger charge is -2.18. The Bertz CT molecular complexity index is 941. The van der Waals surface area contributed by atoms with E-state index in [9.17, 15) is 9.59 Å². The highest BCUT2D eigenvalue weighted by Gasteiger charge is 2.38. The summed E-state index contributed by atoms with van der Waals surface area (Å²) < 4.78 is 6.13. The number of esters is 1. The predicted octanol–water partition coefficient (Wildman–Crippen LogP) is 5.02. The monoisotopic (exact) mass is 425 g/mol. The summed E-state index contributed by atoms with van der Waals surface area (Å²) in [6.07, 6.45) is 1.75. The number of amides is 1. The van der Waals surface area contributed by atoms with Crippen LogP contribution in [0.2, 0.25) is 0 Å². The van der Waals surface area contributed by atoms with Crippen molar-refractivity contribution in [3.05, 3.63) is 81.0 Å². The van der Waals surface area contributed by atoms with Crippen molar-refractivity contribution >= 4 is 39.6 Å². The van der Waals surface area contributed by atoms with Gasteiger partial charge in [-0.2, -0.15) is 0 Å². The van der Waals surface area contributed by atoms with Crippen LogP contribution in [0.25, 0.3) is 6.08 Å². The van der Waals surface area contributed by atoms with E-state index in [0.29, 0.717) is 22.5 Å². The van der Waals surface area contributed by atoms with Gasteiger partial charge in [-0.15, -0.1) is 0 Å². The first-order valence-electron chi connectivity index (χ1n) is 8.69. The van der Waals surface area contributed by atoms with Gasteiger partial charge in [0, 0.05) is 15.9 Å². The number of nitrogens with zero attached hydrogens (tertiary/aromatic N) is 1. The van der Waals surface area contributed by atoms with Gasteiger partial charge in [-0.05, 0) is 56.7 Å². The number of hydrogen-bond acceptors (Lipinski definition) is 3. The Hall–Kier alpha value is -2.66. The van der Waals surface area contributed by atoms with Crippen LogP contribution in [0.1, 0.15) is 25.0 Å². The smallest absolute Gasteiger partial charge is 0.340 e. The molecule has 1 aliphatic heterocycles. The molecule has 27 heavy (non-hydrogen) atoms. The Morgan fingerprint density at radius 1 is 1.07 bits per heavy atom. The first-order valence-corrected chi connectivity index (χ1v) is 9.48. The summed E-state index contributed by atoms with van der Waals surface area (Å²) in [5.74, 6) is -0.722. The molecule has 2 aromatic rings. The van der Waals surface area contributed by atoms with Crippen LogP contribution in [-0.2, 0) is 14.3 Å². The Labute approximate surface area is 167 Å². The lowest BCUT2D eigenvalue weighted by molar-refractivity contribution is -0.138. The van der Waals surface area contributed by atoms with Crippen LogP contribution in [-0.4, -0.2) is 18.5 Å². The number of allylic oxidation sites excluding steroid dienone is 1. The molecule has 138 valence electrons. The summed E-state index contributed by atoms with van der Waals surface area (Å²) in [4.78, 5) is 27.3. The van der Waals surface area contributed by atoms with Crippen molar-refractivity contribution < 1.29 is 14.3 Å². The zero-order valence-corrected chi connectivity index (χ0v) is 17.0. The third-order valence-corrected chi connectivity index (χ3v) is 4.88. The van der Waals surface area contributed by atoms with E-state index in [4.69, 9.17) is 4.74 Å². The SMILES string of the molecule is CCOC(=O)C1=C(C)N(c2ccc(Br)cc2)C(=O)/C1=C\c1ccc(C)cc1. The van der Waals surface area contributed by atoms with Gasteiger partial charge in [0.15, 0.2) is 0 Å². The topological polar surface area (TPSA) is 46.6 Å². The standard InChI is InChI=1S/C22H20BrNO3/c1-4-27-22(26)20-15(3)24(18-11-9-17(23)10-12-18)21(25)19(20)13-16-7-5-14(2)6-8-16/h5-13H,4H2,1-3H3/b19-13-. The van der Waals surface area contributed by atoms with E-state index in [1.807, 2.05) is 55.5 Å². The molecule has 0 saturated carbocycles. The third kappa shape index (κ3) is 3.88. The molecular formula is C22H20BrNO3. The molecule has 0 aliphatic carbocycles. The maximum Gasteiger partial charge on any atom is 0.340 e. The lowest BCUT2D eigenvalue weighted by atomic mass is 10.0. The Morgan fingerprint density at radius 3 is 2.30 bits per heavy atom. The second-order valence-corrected chi connectivity index (χ2v) is 7.18. The van der Waals surface area contributed by atoms with E-state index in [1.54, 1.807) is 24.8 Å². The van der Waals surface area contributed by atoms with Crippen LogP contribution in [0.5, 0.6) is 0 Å². The van der Waals surface area contributed by atoms with E-state index in [1.165, 1.54) is 0 Å². The number of aryl methyl sites for hydroxylation is 1. The number of anilines is 1. The van der Waals surface area contributed by atoms with Gasteiger partial charge in [-0.1, -0.05) is 45.8 Å². The molecule has 0 atom stereocenters.